The normalized spacial score (nSPS) is 15.9. The molecule has 1 unspecified atom stereocenters. The molecular formula is C12H16BrNO. The minimum absolute atomic E-state index is 0.260. The summed E-state index contributed by atoms with van der Waals surface area (Å²) >= 11 is 3.67. The van der Waals surface area contributed by atoms with Gasteiger partial charge in [-0.25, -0.2) is 0 Å². The molecule has 1 rings (SSSR count). The van der Waals surface area contributed by atoms with E-state index in [0.29, 0.717) is 6.61 Å². The summed E-state index contributed by atoms with van der Waals surface area (Å²) in [6.07, 6.45) is 0. The van der Waals surface area contributed by atoms with Crippen molar-refractivity contribution in [3.8, 4) is 0 Å². The highest BCUT2D eigenvalue weighted by molar-refractivity contribution is 9.10. The molecule has 0 spiro atoms. The summed E-state index contributed by atoms with van der Waals surface area (Å²) in [6.45, 7) is 6.54. The zero-order chi connectivity index (χ0) is 11.3. The topological polar surface area (TPSA) is 21.6 Å². The largest absolute Gasteiger partial charge is 0.396 e. The van der Waals surface area contributed by atoms with E-state index in [0.717, 1.165) is 5.71 Å². The fourth-order valence-electron chi connectivity index (χ4n) is 1.21. The SMILES string of the molecule is CCO/N=C(\C)C(C)(Br)c1ccccc1. The zero-order valence-electron chi connectivity index (χ0n) is 9.33. The second kappa shape index (κ2) is 5.31. The van der Waals surface area contributed by atoms with Crippen LogP contribution in [0, 0.1) is 0 Å². The molecule has 0 heterocycles. The summed E-state index contributed by atoms with van der Waals surface area (Å²) in [5, 5.41) is 4.06. The number of oxime groups is 1. The van der Waals surface area contributed by atoms with Crippen LogP contribution in [0.3, 0.4) is 0 Å². The average molecular weight is 270 g/mol. The van der Waals surface area contributed by atoms with Gasteiger partial charge >= 0.3 is 0 Å². The van der Waals surface area contributed by atoms with Crippen molar-refractivity contribution in [3.05, 3.63) is 35.9 Å². The third-order valence-electron chi connectivity index (χ3n) is 2.33. The van der Waals surface area contributed by atoms with Crippen LogP contribution >= 0.6 is 15.9 Å². The first kappa shape index (κ1) is 12.2. The molecule has 0 N–H and O–H groups in total. The van der Waals surface area contributed by atoms with Crippen LogP contribution in [-0.4, -0.2) is 12.3 Å². The van der Waals surface area contributed by atoms with Crippen LogP contribution in [0.25, 0.3) is 0 Å². The molecule has 0 radical (unpaired) electrons. The van der Waals surface area contributed by atoms with Crippen LogP contribution in [-0.2, 0) is 9.16 Å². The third kappa shape index (κ3) is 3.06. The molecule has 82 valence electrons. The van der Waals surface area contributed by atoms with E-state index in [-0.39, 0.29) is 4.32 Å². The van der Waals surface area contributed by atoms with Gasteiger partial charge in [0.25, 0.3) is 0 Å². The van der Waals surface area contributed by atoms with Gasteiger partial charge in [-0.15, -0.1) is 0 Å². The van der Waals surface area contributed by atoms with E-state index < -0.39 is 0 Å². The van der Waals surface area contributed by atoms with Crippen molar-refractivity contribution in [2.45, 2.75) is 25.1 Å². The van der Waals surface area contributed by atoms with Crippen LogP contribution in [0.4, 0.5) is 0 Å². The number of nitrogens with zero attached hydrogens (tertiary/aromatic N) is 1. The monoisotopic (exact) mass is 269 g/mol. The molecule has 0 saturated heterocycles. The minimum Gasteiger partial charge on any atom is -0.396 e. The molecule has 2 nitrogen and oxygen atoms in total. The van der Waals surface area contributed by atoms with Gasteiger partial charge in [0, 0.05) is 0 Å². The third-order valence-corrected chi connectivity index (χ3v) is 3.36. The van der Waals surface area contributed by atoms with Gasteiger partial charge in [-0.1, -0.05) is 51.4 Å². The van der Waals surface area contributed by atoms with Gasteiger partial charge in [-0.2, -0.15) is 0 Å². The lowest BCUT2D eigenvalue weighted by molar-refractivity contribution is 0.157. The van der Waals surface area contributed by atoms with Crippen molar-refractivity contribution in [3.63, 3.8) is 0 Å². The molecule has 0 amide bonds. The van der Waals surface area contributed by atoms with E-state index in [1.165, 1.54) is 5.56 Å². The van der Waals surface area contributed by atoms with Crippen molar-refractivity contribution in [1.82, 2.24) is 0 Å². The Hall–Kier alpha value is -0.830. The summed E-state index contributed by atoms with van der Waals surface area (Å²) in [5.41, 5.74) is 2.08. The van der Waals surface area contributed by atoms with E-state index in [2.05, 4.69) is 40.1 Å². The molecule has 0 aliphatic heterocycles. The van der Waals surface area contributed by atoms with E-state index in [4.69, 9.17) is 4.84 Å². The molecule has 1 aromatic carbocycles. The smallest absolute Gasteiger partial charge is 0.114 e. The number of hydrogen-bond acceptors (Lipinski definition) is 2. The molecule has 0 bridgehead atoms. The van der Waals surface area contributed by atoms with E-state index in [9.17, 15) is 0 Å². The Bertz CT molecular complexity index is 333. The Balaban J connectivity index is 2.92. The molecule has 0 aliphatic carbocycles. The predicted molar refractivity (Wildman–Crippen MR) is 67.5 cm³/mol. The van der Waals surface area contributed by atoms with Crippen molar-refractivity contribution >= 4 is 21.6 Å². The number of hydrogen-bond donors (Lipinski definition) is 0. The maximum atomic E-state index is 5.06. The number of rotatable bonds is 4. The Labute approximate surface area is 99.5 Å². The highest BCUT2D eigenvalue weighted by Gasteiger charge is 2.26. The lowest BCUT2D eigenvalue weighted by atomic mass is 9.97. The number of halogens is 1. The maximum Gasteiger partial charge on any atom is 0.114 e. The van der Waals surface area contributed by atoms with Gasteiger partial charge in [0.05, 0.1) is 10.0 Å². The van der Waals surface area contributed by atoms with Crippen molar-refractivity contribution in [2.75, 3.05) is 6.61 Å². The molecule has 3 heteroatoms. The molecule has 15 heavy (non-hydrogen) atoms. The van der Waals surface area contributed by atoms with Crippen molar-refractivity contribution in [1.29, 1.82) is 0 Å². The molecule has 1 aromatic rings. The average Bonchev–Trinajstić information content (AvgIpc) is 2.27. The first-order valence-electron chi connectivity index (χ1n) is 5.00. The van der Waals surface area contributed by atoms with Crippen LogP contribution in [0.1, 0.15) is 26.3 Å². The lowest BCUT2D eigenvalue weighted by Gasteiger charge is -2.22. The van der Waals surface area contributed by atoms with Gasteiger partial charge in [0.15, 0.2) is 0 Å². The molecular weight excluding hydrogens is 254 g/mol. The second-order valence-corrected chi connectivity index (χ2v) is 5.05. The molecule has 1 atom stereocenters. The van der Waals surface area contributed by atoms with E-state index in [1.807, 2.05) is 32.0 Å². The number of benzene rings is 1. The standard InChI is InChI=1S/C12H16BrNO/c1-4-15-14-10(2)12(3,13)11-8-6-5-7-9-11/h5-9H,4H2,1-3H3/b14-10+. The van der Waals surface area contributed by atoms with Crippen LogP contribution in [0.15, 0.2) is 35.5 Å². The summed E-state index contributed by atoms with van der Waals surface area (Å²) < 4.78 is -0.260. The zero-order valence-corrected chi connectivity index (χ0v) is 10.9. The lowest BCUT2D eigenvalue weighted by Crippen LogP contribution is -2.23. The van der Waals surface area contributed by atoms with Gasteiger partial charge < -0.3 is 4.84 Å². The fourth-order valence-corrected chi connectivity index (χ4v) is 1.54. The molecule has 0 aliphatic rings. The number of alkyl halides is 1. The van der Waals surface area contributed by atoms with Gasteiger partial charge in [0.1, 0.15) is 6.61 Å². The fraction of sp³-hybridized carbons (Fsp3) is 0.417. The summed E-state index contributed by atoms with van der Waals surface area (Å²) in [4.78, 5) is 5.06. The molecule has 0 aromatic heterocycles. The Morgan fingerprint density at radius 2 is 2.00 bits per heavy atom. The highest BCUT2D eigenvalue weighted by Crippen LogP contribution is 2.32. The Kier molecular flexibility index (Phi) is 4.33. The quantitative estimate of drug-likeness (QED) is 0.464. The maximum absolute atomic E-state index is 5.06. The van der Waals surface area contributed by atoms with E-state index in [1.54, 1.807) is 0 Å². The summed E-state index contributed by atoms with van der Waals surface area (Å²) in [6, 6.07) is 10.2. The summed E-state index contributed by atoms with van der Waals surface area (Å²) in [7, 11) is 0. The van der Waals surface area contributed by atoms with Gasteiger partial charge in [-0.3, -0.25) is 0 Å². The van der Waals surface area contributed by atoms with Crippen LogP contribution in [0.2, 0.25) is 0 Å². The molecule has 0 saturated carbocycles. The molecule has 0 fully saturated rings. The second-order valence-electron chi connectivity index (χ2n) is 3.46. The van der Waals surface area contributed by atoms with Crippen molar-refractivity contribution in [2.24, 2.45) is 5.16 Å². The van der Waals surface area contributed by atoms with Crippen LogP contribution < -0.4 is 0 Å². The summed E-state index contributed by atoms with van der Waals surface area (Å²) in [5.74, 6) is 0. The van der Waals surface area contributed by atoms with Crippen LogP contribution in [0.5, 0.6) is 0 Å². The Morgan fingerprint density at radius 3 is 2.53 bits per heavy atom. The van der Waals surface area contributed by atoms with Gasteiger partial charge in [0.2, 0.25) is 0 Å². The Morgan fingerprint density at radius 1 is 1.40 bits per heavy atom. The minimum atomic E-state index is -0.260. The van der Waals surface area contributed by atoms with E-state index >= 15 is 0 Å². The highest BCUT2D eigenvalue weighted by atomic mass is 79.9. The first-order chi connectivity index (χ1) is 7.09. The first-order valence-corrected chi connectivity index (χ1v) is 5.79. The van der Waals surface area contributed by atoms with Crippen molar-refractivity contribution < 1.29 is 4.84 Å². The predicted octanol–water partition coefficient (Wildman–Crippen LogP) is 3.71. The van der Waals surface area contributed by atoms with Gasteiger partial charge in [-0.05, 0) is 26.3 Å².